The summed E-state index contributed by atoms with van der Waals surface area (Å²) in [7, 11) is 2.13. The third-order valence-electron chi connectivity index (χ3n) is 4.13. The Kier molecular flexibility index (Phi) is 5.62. The molecule has 0 saturated carbocycles. The van der Waals surface area contributed by atoms with Crippen molar-refractivity contribution in [3.8, 4) is 0 Å². The molecule has 1 aromatic carbocycles. The number of piperidine rings is 1. The topological polar surface area (TPSA) is 35.6 Å². The molecule has 0 bridgehead atoms. The van der Waals surface area contributed by atoms with Crippen molar-refractivity contribution >= 4 is 6.03 Å². The van der Waals surface area contributed by atoms with Gasteiger partial charge in [0.15, 0.2) is 0 Å². The van der Waals surface area contributed by atoms with E-state index in [4.69, 9.17) is 0 Å². The lowest BCUT2D eigenvalue weighted by Gasteiger charge is -2.33. The van der Waals surface area contributed by atoms with Crippen molar-refractivity contribution < 1.29 is 4.79 Å². The highest BCUT2D eigenvalue weighted by atomic mass is 16.2. The molecule has 1 aromatic rings. The third-order valence-corrected chi connectivity index (χ3v) is 4.13. The first-order valence-corrected chi connectivity index (χ1v) is 7.86. The summed E-state index contributed by atoms with van der Waals surface area (Å²) in [6, 6.07) is 10.7. The minimum atomic E-state index is 0.0587. The van der Waals surface area contributed by atoms with Gasteiger partial charge in [-0.1, -0.05) is 30.3 Å². The van der Waals surface area contributed by atoms with Gasteiger partial charge < -0.3 is 15.1 Å². The Balaban J connectivity index is 1.93. The van der Waals surface area contributed by atoms with E-state index in [1.807, 2.05) is 23.1 Å². The summed E-state index contributed by atoms with van der Waals surface area (Å²) in [6.07, 6.45) is 2.08. The number of nitrogens with zero attached hydrogens (tertiary/aromatic N) is 2. The molecule has 0 spiro atoms. The molecule has 2 rings (SSSR count). The number of benzene rings is 1. The molecule has 1 N–H and O–H groups in total. The van der Waals surface area contributed by atoms with Crippen LogP contribution in [0.1, 0.15) is 32.3 Å². The van der Waals surface area contributed by atoms with Gasteiger partial charge in [0.05, 0.1) is 0 Å². The first-order chi connectivity index (χ1) is 10.1. The number of rotatable bonds is 4. The average Bonchev–Trinajstić information content (AvgIpc) is 2.48. The Hall–Kier alpha value is -1.55. The maximum atomic E-state index is 12.5. The summed E-state index contributed by atoms with van der Waals surface area (Å²) in [5.41, 5.74) is 1.17. The van der Waals surface area contributed by atoms with Gasteiger partial charge >= 0.3 is 6.03 Å². The lowest BCUT2D eigenvalue weighted by molar-refractivity contribution is 0.166. The molecule has 1 saturated heterocycles. The van der Waals surface area contributed by atoms with Crippen molar-refractivity contribution in [2.24, 2.45) is 0 Å². The van der Waals surface area contributed by atoms with Gasteiger partial charge in [-0.2, -0.15) is 0 Å². The van der Waals surface area contributed by atoms with Gasteiger partial charge in [0, 0.05) is 18.6 Å². The normalized spacial score (nSPS) is 17.0. The average molecular weight is 289 g/mol. The van der Waals surface area contributed by atoms with Crippen molar-refractivity contribution in [2.45, 2.75) is 45.3 Å². The van der Waals surface area contributed by atoms with Crippen molar-refractivity contribution in [3.63, 3.8) is 0 Å². The summed E-state index contributed by atoms with van der Waals surface area (Å²) < 4.78 is 0. The van der Waals surface area contributed by atoms with Gasteiger partial charge in [0.25, 0.3) is 0 Å². The van der Waals surface area contributed by atoms with Crippen LogP contribution in [-0.2, 0) is 6.54 Å². The molecule has 116 valence electrons. The van der Waals surface area contributed by atoms with Gasteiger partial charge in [-0.3, -0.25) is 0 Å². The second-order valence-electron chi connectivity index (χ2n) is 6.23. The van der Waals surface area contributed by atoms with Crippen LogP contribution in [0.25, 0.3) is 0 Å². The third kappa shape index (κ3) is 4.74. The molecule has 0 unspecified atom stereocenters. The molecule has 1 aliphatic heterocycles. The molecule has 21 heavy (non-hydrogen) atoms. The monoisotopic (exact) mass is 289 g/mol. The minimum Gasteiger partial charge on any atom is -0.335 e. The van der Waals surface area contributed by atoms with Crippen molar-refractivity contribution in [3.05, 3.63) is 35.9 Å². The second kappa shape index (κ2) is 7.46. The van der Waals surface area contributed by atoms with E-state index in [2.05, 4.69) is 43.2 Å². The maximum Gasteiger partial charge on any atom is 0.318 e. The van der Waals surface area contributed by atoms with Crippen LogP contribution >= 0.6 is 0 Å². The smallest absolute Gasteiger partial charge is 0.318 e. The van der Waals surface area contributed by atoms with E-state index in [1.54, 1.807) is 0 Å². The van der Waals surface area contributed by atoms with Crippen LogP contribution in [0.2, 0.25) is 0 Å². The number of urea groups is 1. The molecule has 1 fully saturated rings. The number of carbonyl (C=O) groups excluding carboxylic acids is 1. The number of hydrogen-bond acceptors (Lipinski definition) is 2. The van der Waals surface area contributed by atoms with Gasteiger partial charge in [-0.15, -0.1) is 0 Å². The molecule has 0 atom stereocenters. The van der Waals surface area contributed by atoms with Crippen LogP contribution < -0.4 is 5.32 Å². The van der Waals surface area contributed by atoms with Crippen LogP contribution in [0.5, 0.6) is 0 Å². The number of likely N-dealkylation sites (tertiary alicyclic amines) is 1. The number of hydrogen-bond donors (Lipinski definition) is 1. The van der Waals surface area contributed by atoms with Crippen molar-refractivity contribution in [1.29, 1.82) is 0 Å². The molecule has 2 amide bonds. The number of amides is 2. The first-order valence-electron chi connectivity index (χ1n) is 7.86. The molecule has 0 aliphatic carbocycles. The van der Waals surface area contributed by atoms with Gasteiger partial charge in [0.2, 0.25) is 0 Å². The summed E-state index contributed by atoms with van der Waals surface area (Å²) in [5, 5.41) is 3.20. The van der Waals surface area contributed by atoms with Crippen LogP contribution in [0.15, 0.2) is 30.3 Å². The molecule has 0 radical (unpaired) electrons. The Morgan fingerprint density at radius 3 is 2.48 bits per heavy atom. The van der Waals surface area contributed by atoms with E-state index in [0.717, 1.165) is 25.9 Å². The summed E-state index contributed by atoms with van der Waals surface area (Å²) in [6.45, 7) is 6.92. The van der Waals surface area contributed by atoms with Crippen LogP contribution in [-0.4, -0.2) is 48.1 Å². The Morgan fingerprint density at radius 1 is 1.29 bits per heavy atom. The Bertz CT molecular complexity index is 439. The number of carbonyl (C=O) groups is 1. The summed E-state index contributed by atoms with van der Waals surface area (Å²) in [5.74, 6) is 0. The van der Waals surface area contributed by atoms with Crippen molar-refractivity contribution in [2.75, 3.05) is 20.1 Å². The van der Waals surface area contributed by atoms with E-state index in [9.17, 15) is 4.79 Å². The van der Waals surface area contributed by atoms with Gasteiger partial charge in [0.1, 0.15) is 0 Å². The largest absolute Gasteiger partial charge is 0.335 e. The predicted octanol–water partition coefficient (Wildman–Crippen LogP) is 2.70. The molecule has 0 aromatic heterocycles. The lowest BCUT2D eigenvalue weighted by Crippen LogP contribution is -2.50. The molecular weight excluding hydrogens is 262 g/mol. The first kappa shape index (κ1) is 15.8. The highest BCUT2D eigenvalue weighted by Gasteiger charge is 2.23. The highest BCUT2D eigenvalue weighted by Crippen LogP contribution is 2.12. The van der Waals surface area contributed by atoms with Crippen LogP contribution in [0.4, 0.5) is 4.79 Å². The van der Waals surface area contributed by atoms with Crippen molar-refractivity contribution in [1.82, 2.24) is 15.1 Å². The quantitative estimate of drug-likeness (QED) is 0.925. The van der Waals surface area contributed by atoms with Gasteiger partial charge in [-0.25, -0.2) is 4.79 Å². The zero-order valence-corrected chi connectivity index (χ0v) is 13.4. The highest BCUT2D eigenvalue weighted by molar-refractivity contribution is 5.74. The molecule has 4 heteroatoms. The minimum absolute atomic E-state index is 0.0587. The van der Waals surface area contributed by atoms with E-state index in [1.165, 1.54) is 5.56 Å². The van der Waals surface area contributed by atoms with E-state index in [0.29, 0.717) is 12.6 Å². The van der Waals surface area contributed by atoms with Crippen LogP contribution in [0, 0.1) is 0 Å². The lowest BCUT2D eigenvalue weighted by atomic mass is 10.1. The fourth-order valence-corrected chi connectivity index (χ4v) is 2.68. The number of nitrogens with one attached hydrogen (secondary N) is 1. The second-order valence-corrected chi connectivity index (χ2v) is 6.23. The zero-order valence-electron chi connectivity index (χ0n) is 13.4. The summed E-state index contributed by atoms with van der Waals surface area (Å²) in [4.78, 5) is 16.8. The fourth-order valence-electron chi connectivity index (χ4n) is 2.68. The van der Waals surface area contributed by atoms with Crippen LogP contribution in [0.3, 0.4) is 0 Å². The zero-order chi connectivity index (χ0) is 15.2. The Labute approximate surface area is 128 Å². The van der Waals surface area contributed by atoms with E-state index in [-0.39, 0.29) is 12.1 Å². The molecular formula is C17H27N3O. The SMILES string of the molecule is CC(C)N(Cc1ccccc1)C(=O)NC1CCN(C)CC1. The van der Waals surface area contributed by atoms with E-state index < -0.39 is 0 Å². The molecule has 4 nitrogen and oxygen atoms in total. The standard InChI is InChI=1S/C17H27N3O/c1-14(2)20(13-15-7-5-4-6-8-15)17(21)18-16-9-11-19(3)12-10-16/h4-8,14,16H,9-13H2,1-3H3,(H,18,21). The van der Waals surface area contributed by atoms with Gasteiger partial charge in [-0.05, 0) is 52.4 Å². The Morgan fingerprint density at radius 2 is 1.90 bits per heavy atom. The molecule has 1 aliphatic rings. The maximum absolute atomic E-state index is 12.5. The van der Waals surface area contributed by atoms with E-state index >= 15 is 0 Å². The molecule has 1 heterocycles. The predicted molar refractivity (Wildman–Crippen MR) is 86.2 cm³/mol. The summed E-state index contributed by atoms with van der Waals surface area (Å²) >= 11 is 0. The fraction of sp³-hybridized carbons (Fsp3) is 0.588.